The highest BCUT2D eigenvalue weighted by Gasteiger charge is 2.27. The first kappa shape index (κ1) is 26.2. The van der Waals surface area contributed by atoms with E-state index in [1.165, 1.54) is 77.0 Å². The highest BCUT2D eigenvalue weighted by atomic mass is 32.5. The Kier molecular flexibility index (Phi) is 15.9. The minimum atomic E-state index is -3.60. The molecule has 1 rings (SSSR count). The molecule has 1 aliphatic rings. The first-order valence-corrected chi connectivity index (χ1v) is 13.8. The Balaban J connectivity index is 1.83. The topological polar surface area (TPSA) is 68.2 Å². The maximum absolute atomic E-state index is 9.05. The SMILES string of the molecule is CCCCCCCC/C=C\CCCCCCC[C@@H]1OC[C@@H](COP(O)(O)=S)O1. The van der Waals surface area contributed by atoms with E-state index in [2.05, 4.69) is 30.9 Å². The monoisotopic (exact) mass is 436 g/mol. The Morgan fingerprint density at radius 3 is 2.11 bits per heavy atom. The minimum Gasteiger partial charge on any atom is -0.350 e. The van der Waals surface area contributed by atoms with Gasteiger partial charge in [0.25, 0.3) is 0 Å². The van der Waals surface area contributed by atoms with Gasteiger partial charge in [0.1, 0.15) is 6.10 Å². The summed E-state index contributed by atoms with van der Waals surface area (Å²) in [4.78, 5) is 18.1. The Labute approximate surface area is 177 Å². The minimum absolute atomic E-state index is 0.0765. The van der Waals surface area contributed by atoms with Crippen molar-refractivity contribution in [1.82, 2.24) is 0 Å². The van der Waals surface area contributed by atoms with E-state index >= 15 is 0 Å². The standard InChI is InChI=1S/C21H41O5PS/c1-2-3-4-5-6-7-8-9-10-11-12-13-14-15-16-17-21-24-18-20(26-21)19-25-27(22,23)28/h9-10,20-21H,2-8,11-19H2,1H3,(H2,22,23,28)/b10-9-/t20-,21+/m0/s1. The Morgan fingerprint density at radius 1 is 0.929 bits per heavy atom. The summed E-state index contributed by atoms with van der Waals surface area (Å²) in [6, 6.07) is 0. The van der Waals surface area contributed by atoms with Gasteiger partial charge in [-0.15, -0.1) is 0 Å². The van der Waals surface area contributed by atoms with Gasteiger partial charge in [-0.25, -0.2) is 0 Å². The molecule has 0 aromatic rings. The quantitative estimate of drug-likeness (QED) is 0.156. The zero-order chi connectivity index (χ0) is 20.5. The van der Waals surface area contributed by atoms with Crippen molar-refractivity contribution in [3.05, 3.63) is 12.2 Å². The van der Waals surface area contributed by atoms with Crippen molar-refractivity contribution in [2.75, 3.05) is 13.2 Å². The average Bonchev–Trinajstić information content (AvgIpc) is 3.10. The molecule has 0 unspecified atom stereocenters. The summed E-state index contributed by atoms with van der Waals surface area (Å²) in [6.07, 6.45) is 21.9. The lowest BCUT2D eigenvalue weighted by Crippen LogP contribution is -2.18. The summed E-state index contributed by atoms with van der Waals surface area (Å²) < 4.78 is 16.0. The molecule has 5 nitrogen and oxygen atoms in total. The van der Waals surface area contributed by atoms with Crippen LogP contribution in [0.25, 0.3) is 0 Å². The number of allylic oxidation sites excluding steroid dienone is 2. The summed E-state index contributed by atoms with van der Waals surface area (Å²) in [5.41, 5.74) is 0. The molecule has 1 aliphatic heterocycles. The molecule has 0 radical (unpaired) electrons. The smallest absolute Gasteiger partial charge is 0.321 e. The van der Waals surface area contributed by atoms with E-state index < -0.39 is 6.72 Å². The number of hydrogen-bond acceptors (Lipinski definition) is 4. The second kappa shape index (κ2) is 16.9. The van der Waals surface area contributed by atoms with E-state index in [1.54, 1.807) is 0 Å². The van der Waals surface area contributed by atoms with E-state index in [9.17, 15) is 0 Å². The second-order valence-corrected chi connectivity index (χ2v) is 10.3. The molecule has 28 heavy (non-hydrogen) atoms. The second-order valence-electron chi connectivity index (χ2n) is 7.68. The molecule has 1 saturated heterocycles. The summed E-state index contributed by atoms with van der Waals surface area (Å²) in [7, 11) is 0. The van der Waals surface area contributed by atoms with Crippen LogP contribution >= 0.6 is 6.72 Å². The van der Waals surface area contributed by atoms with E-state index in [4.69, 9.17) is 23.8 Å². The van der Waals surface area contributed by atoms with Crippen molar-refractivity contribution in [2.45, 2.75) is 109 Å². The van der Waals surface area contributed by atoms with Crippen LogP contribution in [0.4, 0.5) is 0 Å². The predicted molar refractivity (Wildman–Crippen MR) is 119 cm³/mol. The van der Waals surface area contributed by atoms with Gasteiger partial charge in [0.15, 0.2) is 6.29 Å². The van der Waals surface area contributed by atoms with Crippen LogP contribution in [0.3, 0.4) is 0 Å². The average molecular weight is 437 g/mol. The highest BCUT2D eigenvalue weighted by Crippen LogP contribution is 2.37. The van der Waals surface area contributed by atoms with Gasteiger partial charge in [-0.1, -0.05) is 70.4 Å². The maximum Gasteiger partial charge on any atom is 0.321 e. The molecule has 7 heteroatoms. The van der Waals surface area contributed by atoms with Gasteiger partial charge >= 0.3 is 6.72 Å². The molecule has 1 fully saturated rings. The molecule has 0 aromatic heterocycles. The Bertz CT molecular complexity index is 441. The van der Waals surface area contributed by atoms with Crippen molar-refractivity contribution >= 4 is 18.5 Å². The maximum atomic E-state index is 9.05. The predicted octanol–water partition coefficient (Wildman–Crippen LogP) is 5.99. The largest absolute Gasteiger partial charge is 0.350 e. The van der Waals surface area contributed by atoms with Crippen molar-refractivity contribution in [3.8, 4) is 0 Å². The fraction of sp³-hybridized carbons (Fsp3) is 0.905. The first-order chi connectivity index (χ1) is 13.5. The zero-order valence-corrected chi connectivity index (χ0v) is 19.3. The highest BCUT2D eigenvalue weighted by molar-refractivity contribution is 8.06. The third-order valence-electron chi connectivity index (χ3n) is 4.94. The normalized spacial score (nSPS) is 20.4. The number of rotatable bonds is 18. The molecule has 0 aliphatic carbocycles. The van der Waals surface area contributed by atoms with Crippen LogP contribution in [0, 0.1) is 0 Å². The lowest BCUT2D eigenvalue weighted by molar-refractivity contribution is -0.0691. The summed E-state index contributed by atoms with van der Waals surface area (Å²) in [5, 5.41) is 0. The molecule has 0 aromatic carbocycles. The fourth-order valence-electron chi connectivity index (χ4n) is 3.31. The first-order valence-electron chi connectivity index (χ1n) is 11.1. The van der Waals surface area contributed by atoms with E-state index in [1.807, 2.05) is 0 Å². The molecule has 1 heterocycles. The van der Waals surface area contributed by atoms with Crippen molar-refractivity contribution in [1.29, 1.82) is 0 Å². The van der Waals surface area contributed by atoms with Crippen molar-refractivity contribution in [2.24, 2.45) is 0 Å². The molecule has 0 amide bonds. The number of hydrogen-bond donors (Lipinski definition) is 2. The van der Waals surface area contributed by atoms with Crippen LogP contribution in [-0.4, -0.2) is 35.4 Å². The van der Waals surface area contributed by atoms with Gasteiger partial charge in [-0.05, 0) is 50.3 Å². The number of ether oxygens (including phenoxy) is 2. The van der Waals surface area contributed by atoms with E-state index in [0.717, 1.165) is 12.8 Å². The lowest BCUT2D eigenvalue weighted by atomic mass is 10.1. The van der Waals surface area contributed by atoms with Gasteiger partial charge in [0, 0.05) is 0 Å². The van der Waals surface area contributed by atoms with Gasteiger partial charge in [-0.3, -0.25) is 0 Å². The van der Waals surface area contributed by atoms with Crippen LogP contribution in [0.1, 0.15) is 96.8 Å². The molecular weight excluding hydrogens is 395 g/mol. The fourth-order valence-corrected chi connectivity index (χ4v) is 3.85. The number of unbranched alkanes of at least 4 members (excludes halogenated alkanes) is 11. The molecule has 0 saturated carbocycles. The van der Waals surface area contributed by atoms with Crippen molar-refractivity contribution < 1.29 is 23.8 Å². The van der Waals surface area contributed by atoms with Crippen LogP contribution in [0.2, 0.25) is 0 Å². The molecular formula is C21H41O5PS. The van der Waals surface area contributed by atoms with Gasteiger partial charge in [0.2, 0.25) is 0 Å². The molecule has 0 spiro atoms. The summed E-state index contributed by atoms with van der Waals surface area (Å²) in [5.74, 6) is 0. The Morgan fingerprint density at radius 2 is 1.50 bits per heavy atom. The lowest BCUT2D eigenvalue weighted by Gasteiger charge is -2.13. The third kappa shape index (κ3) is 16.0. The van der Waals surface area contributed by atoms with Crippen LogP contribution in [-0.2, 0) is 25.8 Å². The summed E-state index contributed by atoms with van der Waals surface area (Å²) in [6.45, 7) is -0.837. The van der Waals surface area contributed by atoms with Crippen molar-refractivity contribution in [3.63, 3.8) is 0 Å². The molecule has 166 valence electrons. The van der Waals surface area contributed by atoms with E-state index in [0.29, 0.717) is 6.61 Å². The van der Waals surface area contributed by atoms with Gasteiger partial charge in [0.05, 0.1) is 13.2 Å². The van der Waals surface area contributed by atoms with Crippen LogP contribution in [0.15, 0.2) is 12.2 Å². The van der Waals surface area contributed by atoms with Crippen LogP contribution < -0.4 is 0 Å². The third-order valence-corrected chi connectivity index (χ3v) is 5.74. The summed E-state index contributed by atoms with van der Waals surface area (Å²) >= 11 is 4.42. The molecule has 0 bridgehead atoms. The van der Waals surface area contributed by atoms with Crippen LogP contribution in [0.5, 0.6) is 0 Å². The van der Waals surface area contributed by atoms with Gasteiger partial charge < -0.3 is 23.8 Å². The zero-order valence-electron chi connectivity index (χ0n) is 17.6. The van der Waals surface area contributed by atoms with E-state index in [-0.39, 0.29) is 19.0 Å². The molecule has 2 atom stereocenters. The molecule has 2 N–H and O–H groups in total. The Hall–Kier alpha value is 0.190. The van der Waals surface area contributed by atoms with Gasteiger partial charge in [-0.2, -0.15) is 0 Å².